The van der Waals surface area contributed by atoms with E-state index in [1.807, 2.05) is 0 Å². The number of sulfonamides is 1. The Kier molecular flexibility index (Phi) is 7.71. The van der Waals surface area contributed by atoms with Gasteiger partial charge in [0.15, 0.2) is 0 Å². The Morgan fingerprint density at radius 1 is 1.14 bits per heavy atom. The van der Waals surface area contributed by atoms with Crippen LogP contribution in [0.1, 0.15) is 5.76 Å². The molecule has 35 heavy (non-hydrogen) atoms. The normalized spacial score (nSPS) is 11.3. The van der Waals surface area contributed by atoms with Crippen LogP contribution < -0.4 is 19.2 Å². The fourth-order valence-corrected chi connectivity index (χ4v) is 3.88. The summed E-state index contributed by atoms with van der Waals surface area (Å²) in [4.78, 5) is 22.7. The maximum Gasteiger partial charge on any atom is 0.269 e. The minimum absolute atomic E-state index is 0.0421. The summed E-state index contributed by atoms with van der Waals surface area (Å²) in [6.07, 6.45) is 2.20. The van der Waals surface area contributed by atoms with E-state index in [1.165, 1.54) is 44.7 Å². The molecule has 0 saturated heterocycles. The van der Waals surface area contributed by atoms with Crippen LogP contribution in [0.25, 0.3) is 11.3 Å². The molecule has 0 fully saturated rings. The van der Waals surface area contributed by atoms with Gasteiger partial charge in [-0.15, -0.1) is 0 Å². The summed E-state index contributed by atoms with van der Waals surface area (Å²) in [5, 5.41) is 14.6. The first-order chi connectivity index (χ1) is 16.6. The second-order valence-corrected chi connectivity index (χ2v) is 9.01. The highest BCUT2D eigenvalue weighted by Gasteiger charge is 2.24. The maximum atomic E-state index is 12.4. The van der Waals surface area contributed by atoms with Crippen molar-refractivity contribution in [3.8, 4) is 22.8 Å². The van der Waals surface area contributed by atoms with Gasteiger partial charge < -0.3 is 13.9 Å². The summed E-state index contributed by atoms with van der Waals surface area (Å²) in [5.74, 6) is 0.657. The van der Waals surface area contributed by atoms with Gasteiger partial charge in [-0.25, -0.2) is 13.8 Å². The first-order valence-corrected chi connectivity index (χ1v) is 11.8. The largest absolute Gasteiger partial charge is 0.497 e. The van der Waals surface area contributed by atoms with Gasteiger partial charge in [-0.1, -0.05) is 0 Å². The van der Waals surface area contributed by atoms with E-state index in [4.69, 9.17) is 13.9 Å². The third-order valence-corrected chi connectivity index (χ3v) is 5.84. The minimum atomic E-state index is -3.86. The Hall–Kier alpha value is -4.39. The van der Waals surface area contributed by atoms with Crippen LogP contribution in [0.2, 0.25) is 0 Å². The highest BCUT2D eigenvalue weighted by Crippen LogP contribution is 2.33. The number of hydrogen-bond acceptors (Lipinski definition) is 9. The van der Waals surface area contributed by atoms with Gasteiger partial charge in [-0.3, -0.25) is 19.2 Å². The summed E-state index contributed by atoms with van der Waals surface area (Å²) < 4.78 is 41.6. The van der Waals surface area contributed by atoms with E-state index in [1.54, 1.807) is 30.3 Å². The Labute approximate surface area is 201 Å². The Bertz CT molecular complexity index is 1350. The van der Waals surface area contributed by atoms with Crippen LogP contribution in [0.3, 0.4) is 0 Å². The molecule has 0 atom stereocenters. The lowest BCUT2D eigenvalue weighted by molar-refractivity contribution is -0.384. The smallest absolute Gasteiger partial charge is 0.269 e. The SMILES string of the molecule is COc1ccc(OC)c(N(CC(=O)N/N=C\c2ccc(-c3ccc([N+](=O)[O-])cc3)o2)S(C)(=O)=O)c1. The summed E-state index contributed by atoms with van der Waals surface area (Å²) in [6.45, 7) is -0.564. The average molecular weight is 503 g/mol. The number of amides is 1. The molecule has 0 aliphatic rings. The number of methoxy groups -OCH3 is 2. The van der Waals surface area contributed by atoms with Crippen molar-refractivity contribution >= 4 is 33.5 Å². The van der Waals surface area contributed by atoms with Gasteiger partial charge in [0, 0.05) is 23.8 Å². The van der Waals surface area contributed by atoms with Crippen molar-refractivity contribution in [2.75, 3.05) is 31.3 Å². The first kappa shape index (κ1) is 25.2. The number of nitrogens with one attached hydrogen (secondary N) is 1. The molecular formula is C22H22N4O8S. The van der Waals surface area contributed by atoms with Gasteiger partial charge in [-0.2, -0.15) is 5.10 Å². The van der Waals surface area contributed by atoms with Gasteiger partial charge in [0.1, 0.15) is 29.6 Å². The fraction of sp³-hybridized carbons (Fsp3) is 0.182. The van der Waals surface area contributed by atoms with Crippen LogP contribution in [0, 0.1) is 10.1 Å². The van der Waals surface area contributed by atoms with Crippen molar-refractivity contribution in [2.24, 2.45) is 5.10 Å². The number of non-ortho nitro benzene ring substituents is 1. The standard InChI is InChI=1S/C22H22N4O8S/c1-32-17-8-11-21(33-2)19(12-17)25(35(3,30)31)14-22(27)24-23-13-18-9-10-20(34-18)15-4-6-16(7-5-15)26(28)29/h4-13H,14H2,1-3H3,(H,24,27)/b23-13-. The molecule has 0 radical (unpaired) electrons. The van der Waals surface area contributed by atoms with Crippen LogP contribution in [0.15, 0.2) is 64.1 Å². The monoisotopic (exact) mass is 502 g/mol. The van der Waals surface area contributed by atoms with Crippen molar-refractivity contribution in [1.29, 1.82) is 0 Å². The predicted molar refractivity (Wildman–Crippen MR) is 128 cm³/mol. The quantitative estimate of drug-likeness (QED) is 0.252. The van der Waals surface area contributed by atoms with E-state index < -0.39 is 27.4 Å². The molecular weight excluding hydrogens is 480 g/mol. The Balaban J connectivity index is 1.70. The topological polar surface area (TPSA) is 154 Å². The van der Waals surface area contributed by atoms with Crippen LogP contribution >= 0.6 is 0 Å². The van der Waals surface area contributed by atoms with Crippen molar-refractivity contribution in [3.63, 3.8) is 0 Å². The van der Waals surface area contributed by atoms with Crippen LogP contribution in [0.4, 0.5) is 11.4 Å². The number of carbonyl (C=O) groups excluding carboxylic acids is 1. The van der Waals surface area contributed by atoms with Crippen molar-refractivity contribution in [3.05, 3.63) is 70.5 Å². The van der Waals surface area contributed by atoms with Gasteiger partial charge in [0.25, 0.3) is 11.6 Å². The number of hydrazone groups is 1. The summed E-state index contributed by atoms with van der Waals surface area (Å²) in [6, 6.07) is 13.6. The van der Waals surface area contributed by atoms with Gasteiger partial charge >= 0.3 is 0 Å². The second-order valence-electron chi connectivity index (χ2n) is 7.11. The van der Waals surface area contributed by atoms with Gasteiger partial charge in [0.05, 0.1) is 37.3 Å². The van der Waals surface area contributed by atoms with E-state index in [9.17, 15) is 23.3 Å². The number of nitrogens with zero attached hydrogens (tertiary/aromatic N) is 3. The van der Waals surface area contributed by atoms with E-state index in [-0.39, 0.29) is 17.1 Å². The number of nitro groups is 1. The number of carbonyl (C=O) groups is 1. The maximum absolute atomic E-state index is 12.4. The fourth-order valence-electron chi connectivity index (χ4n) is 3.03. The van der Waals surface area contributed by atoms with Crippen molar-refractivity contribution < 1.29 is 32.0 Å². The molecule has 1 N–H and O–H groups in total. The number of rotatable bonds is 10. The average Bonchev–Trinajstić information content (AvgIpc) is 3.30. The molecule has 0 aliphatic carbocycles. The van der Waals surface area contributed by atoms with E-state index in [2.05, 4.69) is 10.5 Å². The lowest BCUT2D eigenvalue weighted by Crippen LogP contribution is -2.39. The van der Waals surface area contributed by atoms with E-state index >= 15 is 0 Å². The molecule has 2 aromatic carbocycles. The number of furan rings is 1. The lowest BCUT2D eigenvalue weighted by atomic mass is 10.1. The van der Waals surface area contributed by atoms with Crippen LogP contribution in [-0.2, 0) is 14.8 Å². The predicted octanol–water partition coefficient (Wildman–Crippen LogP) is 2.79. The van der Waals surface area contributed by atoms with E-state index in [0.29, 0.717) is 22.8 Å². The number of ether oxygens (including phenoxy) is 2. The molecule has 1 aromatic heterocycles. The molecule has 13 heteroatoms. The molecule has 1 amide bonds. The molecule has 0 unspecified atom stereocenters. The van der Waals surface area contributed by atoms with Crippen molar-refractivity contribution in [1.82, 2.24) is 5.43 Å². The number of anilines is 1. The molecule has 0 spiro atoms. The zero-order valence-electron chi connectivity index (χ0n) is 19.0. The molecule has 0 saturated carbocycles. The molecule has 3 rings (SSSR count). The van der Waals surface area contributed by atoms with E-state index in [0.717, 1.165) is 10.6 Å². The van der Waals surface area contributed by atoms with Crippen molar-refractivity contribution in [2.45, 2.75) is 0 Å². The zero-order valence-corrected chi connectivity index (χ0v) is 19.8. The van der Waals surface area contributed by atoms with Crippen LogP contribution in [-0.4, -0.2) is 52.5 Å². The third-order valence-electron chi connectivity index (χ3n) is 4.71. The summed E-state index contributed by atoms with van der Waals surface area (Å²) >= 11 is 0. The van der Waals surface area contributed by atoms with Gasteiger partial charge in [-0.05, 0) is 36.4 Å². The molecule has 3 aromatic rings. The molecule has 0 aliphatic heterocycles. The molecule has 1 heterocycles. The number of nitro benzene ring substituents is 1. The minimum Gasteiger partial charge on any atom is -0.497 e. The molecule has 0 bridgehead atoms. The Morgan fingerprint density at radius 3 is 2.46 bits per heavy atom. The number of benzene rings is 2. The highest BCUT2D eigenvalue weighted by atomic mass is 32.2. The zero-order chi connectivity index (χ0) is 25.6. The number of hydrogen-bond donors (Lipinski definition) is 1. The summed E-state index contributed by atoms with van der Waals surface area (Å²) in [5.41, 5.74) is 2.97. The lowest BCUT2D eigenvalue weighted by Gasteiger charge is -2.23. The van der Waals surface area contributed by atoms with Crippen LogP contribution in [0.5, 0.6) is 11.5 Å². The second kappa shape index (κ2) is 10.7. The summed E-state index contributed by atoms with van der Waals surface area (Å²) in [7, 11) is -1.05. The first-order valence-electron chi connectivity index (χ1n) is 9.98. The Morgan fingerprint density at radius 2 is 1.86 bits per heavy atom. The van der Waals surface area contributed by atoms with Gasteiger partial charge in [0.2, 0.25) is 10.0 Å². The highest BCUT2D eigenvalue weighted by molar-refractivity contribution is 7.92. The molecule has 12 nitrogen and oxygen atoms in total. The molecule has 184 valence electrons. The third kappa shape index (κ3) is 6.35.